The largest absolute Gasteiger partial charge is 0.420 e. The van der Waals surface area contributed by atoms with E-state index in [1.165, 1.54) is 12.2 Å². The van der Waals surface area contributed by atoms with Gasteiger partial charge in [0.05, 0.1) is 132 Å². The van der Waals surface area contributed by atoms with Gasteiger partial charge in [-0.1, -0.05) is 0 Å². The normalized spacial score (nSPS) is 12.9. The molecule has 2 rings (SSSR count). The number of rotatable bonds is 31. The lowest BCUT2D eigenvalue weighted by Crippen LogP contribution is -2.33. The van der Waals surface area contributed by atoms with Crippen molar-refractivity contribution in [2.75, 3.05) is 125 Å². The van der Waals surface area contributed by atoms with Crippen LogP contribution >= 0.6 is 0 Å². The standard InChI is InChI=1S/C31H42F5NO13/c32-26-27(33)29(35)31(30(36)28(26)34)50-25(40)3-5-41-7-9-43-11-13-45-15-17-47-19-21-49-22-20-48-18-16-46-14-12-44-10-8-42-6-4-37-23(38)1-2-24(37)39/h1-2H,3-22H2. The van der Waals surface area contributed by atoms with Crippen LogP contribution in [0.3, 0.4) is 0 Å². The highest BCUT2D eigenvalue weighted by Crippen LogP contribution is 2.29. The van der Waals surface area contributed by atoms with Gasteiger partial charge in [0.2, 0.25) is 34.8 Å². The van der Waals surface area contributed by atoms with Gasteiger partial charge in [-0.15, -0.1) is 0 Å². The van der Waals surface area contributed by atoms with Crippen molar-refractivity contribution in [3.05, 3.63) is 41.2 Å². The van der Waals surface area contributed by atoms with Crippen LogP contribution < -0.4 is 4.74 Å². The van der Waals surface area contributed by atoms with Gasteiger partial charge in [-0.05, 0) is 0 Å². The fourth-order valence-corrected chi connectivity index (χ4v) is 3.66. The van der Waals surface area contributed by atoms with Gasteiger partial charge >= 0.3 is 5.97 Å². The lowest BCUT2D eigenvalue weighted by molar-refractivity contribution is -0.138. The summed E-state index contributed by atoms with van der Waals surface area (Å²) in [4.78, 5) is 35.5. The molecule has 0 aromatic heterocycles. The zero-order valence-electron chi connectivity index (χ0n) is 27.4. The molecule has 1 aliphatic heterocycles. The minimum atomic E-state index is -2.35. The molecule has 1 aliphatic rings. The Balaban J connectivity index is 1.23. The van der Waals surface area contributed by atoms with Crippen molar-refractivity contribution in [2.24, 2.45) is 0 Å². The van der Waals surface area contributed by atoms with E-state index >= 15 is 0 Å². The van der Waals surface area contributed by atoms with Crippen LogP contribution in [-0.2, 0) is 57.0 Å². The number of hydrogen-bond acceptors (Lipinski definition) is 13. The summed E-state index contributed by atoms with van der Waals surface area (Å²) in [7, 11) is 0. The van der Waals surface area contributed by atoms with Crippen molar-refractivity contribution in [2.45, 2.75) is 6.42 Å². The molecule has 0 N–H and O–H groups in total. The third-order valence-electron chi connectivity index (χ3n) is 6.17. The highest BCUT2D eigenvalue weighted by Gasteiger charge is 2.28. The minimum absolute atomic E-state index is 0.0716. The lowest BCUT2D eigenvalue weighted by atomic mass is 10.2. The number of carbonyl (C=O) groups excluding carboxylic acids is 3. The van der Waals surface area contributed by atoms with Crippen molar-refractivity contribution < 1.29 is 83.7 Å². The van der Waals surface area contributed by atoms with E-state index in [4.69, 9.17) is 42.6 Å². The number of amides is 2. The maximum Gasteiger partial charge on any atom is 0.313 e. The summed E-state index contributed by atoms with van der Waals surface area (Å²) in [5.41, 5.74) is 0. The van der Waals surface area contributed by atoms with E-state index < -0.39 is 47.2 Å². The zero-order chi connectivity index (χ0) is 36.4. The third-order valence-corrected chi connectivity index (χ3v) is 6.17. The van der Waals surface area contributed by atoms with Crippen LogP contribution in [0, 0.1) is 29.1 Å². The first-order valence-corrected chi connectivity index (χ1v) is 15.7. The Kier molecular flexibility index (Phi) is 22.9. The molecular weight excluding hydrogens is 689 g/mol. The number of nitrogens with zero attached hydrogens (tertiary/aromatic N) is 1. The van der Waals surface area contributed by atoms with E-state index in [1.54, 1.807) is 0 Å². The summed E-state index contributed by atoms with van der Waals surface area (Å²) in [6, 6.07) is 0. The Bertz CT molecular complexity index is 1150. The summed E-state index contributed by atoms with van der Waals surface area (Å²) in [6.45, 7) is 5.66. The highest BCUT2D eigenvalue weighted by molar-refractivity contribution is 6.12. The van der Waals surface area contributed by atoms with Gasteiger partial charge in [-0.25, -0.2) is 13.2 Å². The predicted molar refractivity (Wildman–Crippen MR) is 160 cm³/mol. The van der Waals surface area contributed by atoms with Crippen molar-refractivity contribution in [1.82, 2.24) is 4.90 Å². The molecule has 19 heteroatoms. The molecule has 0 aliphatic carbocycles. The molecule has 0 fully saturated rings. The molecule has 0 unspecified atom stereocenters. The van der Waals surface area contributed by atoms with Crippen LogP contribution in [0.1, 0.15) is 6.42 Å². The van der Waals surface area contributed by atoms with E-state index in [-0.39, 0.29) is 51.4 Å². The van der Waals surface area contributed by atoms with Gasteiger partial charge in [0.1, 0.15) is 0 Å². The monoisotopic (exact) mass is 731 g/mol. The van der Waals surface area contributed by atoms with Crippen LogP contribution in [0.5, 0.6) is 5.75 Å². The van der Waals surface area contributed by atoms with E-state index in [9.17, 15) is 36.3 Å². The Labute approximate surface area is 285 Å². The average Bonchev–Trinajstić information content (AvgIpc) is 3.43. The van der Waals surface area contributed by atoms with Crippen molar-refractivity contribution in [3.63, 3.8) is 0 Å². The number of carbonyl (C=O) groups is 3. The number of ether oxygens (including phenoxy) is 10. The first kappa shape index (κ1) is 43.0. The van der Waals surface area contributed by atoms with E-state index in [0.29, 0.717) is 85.9 Å². The first-order chi connectivity index (χ1) is 24.2. The highest BCUT2D eigenvalue weighted by atomic mass is 19.2. The summed E-state index contributed by atoms with van der Waals surface area (Å²) in [5, 5.41) is 0. The molecular formula is C31H42F5NO13. The third kappa shape index (κ3) is 17.7. The molecule has 0 atom stereocenters. The van der Waals surface area contributed by atoms with Crippen LogP contribution in [0.25, 0.3) is 0 Å². The van der Waals surface area contributed by atoms with Crippen LogP contribution in [-0.4, -0.2) is 148 Å². The summed E-state index contributed by atoms with van der Waals surface area (Å²) in [5.74, 6) is -14.8. The number of halogens is 5. The average molecular weight is 732 g/mol. The van der Waals surface area contributed by atoms with Crippen LogP contribution in [0.15, 0.2) is 12.2 Å². The molecule has 0 saturated heterocycles. The van der Waals surface area contributed by atoms with Crippen molar-refractivity contribution in [1.29, 1.82) is 0 Å². The van der Waals surface area contributed by atoms with E-state index in [0.717, 1.165) is 4.90 Å². The Morgan fingerprint density at radius 2 is 0.720 bits per heavy atom. The number of imide groups is 1. The smallest absolute Gasteiger partial charge is 0.313 e. The fourth-order valence-electron chi connectivity index (χ4n) is 3.66. The number of esters is 1. The first-order valence-electron chi connectivity index (χ1n) is 15.7. The molecule has 0 bridgehead atoms. The molecule has 1 aromatic rings. The second kappa shape index (κ2) is 26.6. The minimum Gasteiger partial charge on any atom is -0.420 e. The predicted octanol–water partition coefficient (Wildman–Crippen LogP) is 1.75. The molecule has 1 aromatic carbocycles. The Morgan fingerprint density at radius 1 is 0.440 bits per heavy atom. The van der Waals surface area contributed by atoms with Crippen LogP contribution in [0.2, 0.25) is 0 Å². The maximum absolute atomic E-state index is 13.5. The Morgan fingerprint density at radius 3 is 1.06 bits per heavy atom. The fraction of sp³-hybridized carbons (Fsp3) is 0.645. The quantitative estimate of drug-likeness (QED) is 0.0208. The van der Waals surface area contributed by atoms with Gasteiger partial charge < -0.3 is 47.4 Å². The van der Waals surface area contributed by atoms with Gasteiger partial charge in [-0.2, -0.15) is 8.78 Å². The van der Waals surface area contributed by atoms with Crippen molar-refractivity contribution in [3.8, 4) is 5.75 Å². The zero-order valence-corrected chi connectivity index (χ0v) is 27.4. The van der Waals surface area contributed by atoms with Gasteiger partial charge in [0.15, 0.2) is 0 Å². The molecule has 1 heterocycles. The van der Waals surface area contributed by atoms with Gasteiger partial charge in [0, 0.05) is 12.2 Å². The van der Waals surface area contributed by atoms with Gasteiger partial charge in [0.25, 0.3) is 11.8 Å². The topological polar surface area (TPSA) is 147 Å². The molecule has 0 spiro atoms. The summed E-state index contributed by atoms with van der Waals surface area (Å²) in [6.07, 6.45) is 1.97. The number of benzene rings is 1. The summed E-state index contributed by atoms with van der Waals surface area (Å²) < 4.78 is 119. The van der Waals surface area contributed by atoms with Crippen molar-refractivity contribution >= 4 is 17.8 Å². The SMILES string of the molecule is O=C(CCOCCOCCOCCOCCOCCOCCOCCOCCOCCN1C(=O)C=CC1=O)Oc1c(F)c(F)c(F)c(F)c1F. The van der Waals surface area contributed by atoms with E-state index in [1.807, 2.05) is 0 Å². The lowest BCUT2D eigenvalue weighted by Gasteiger charge is -2.13. The summed E-state index contributed by atoms with van der Waals surface area (Å²) >= 11 is 0. The second-order valence-electron chi connectivity index (χ2n) is 9.80. The molecule has 2 amide bonds. The molecule has 0 saturated carbocycles. The number of hydrogen-bond donors (Lipinski definition) is 0. The Hall–Kier alpha value is -3.14. The molecule has 284 valence electrons. The molecule has 14 nitrogen and oxygen atoms in total. The van der Waals surface area contributed by atoms with E-state index in [2.05, 4.69) is 4.74 Å². The molecule has 50 heavy (non-hydrogen) atoms. The van der Waals surface area contributed by atoms with Gasteiger partial charge in [-0.3, -0.25) is 19.3 Å². The maximum atomic E-state index is 13.5. The molecule has 0 radical (unpaired) electrons. The van der Waals surface area contributed by atoms with Crippen LogP contribution in [0.4, 0.5) is 22.0 Å². The second-order valence-corrected chi connectivity index (χ2v) is 9.80.